The number of imide groups is 1. The quantitative estimate of drug-likeness (QED) is 0.0165. The van der Waals surface area contributed by atoms with Gasteiger partial charge in [0.25, 0.3) is 23.6 Å². The molecule has 6 amide bonds. The molecule has 3 atom stereocenters. The number of unbranched alkanes of at least 4 members (excludes halogenated alkanes) is 2. The highest BCUT2D eigenvalue weighted by Gasteiger charge is 2.42. The van der Waals surface area contributed by atoms with E-state index in [0.717, 1.165) is 5.56 Å². The molecule has 0 aromatic heterocycles. The van der Waals surface area contributed by atoms with E-state index < -0.39 is 47.2 Å². The molecule has 2 fully saturated rings. The average molecular weight is 1130 g/mol. The van der Waals surface area contributed by atoms with Crippen molar-refractivity contribution in [1.82, 2.24) is 25.8 Å². The van der Waals surface area contributed by atoms with E-state index in [1.165, 1.54) is 24.0 Å². The van der Waals surface area contributed by atoms with Gasteiger partial charge in [0.1, 0.15) is 23.9 Å². The van der Waals surface area contributed by atoms with Crippen LogP contribution in [0.4, 0.5) is 11.4 Å². The number of benzene rings is 4. The number of amides is 6. The van der Waals surface area contributed by atoms with Crippen LogP contribution in [-0.4, -0.2) is 130 Å². The third kappa shape index (κ3) is 15.5. The molecule has 0 aliphatic carbocycles. The molecule has 0 radical (unpaired) electrons. The van der Waals surface area contributed by atoms with Crippen LogP contribution in [0.1, 0.15) is 118 Å². The Labute approximate surface area is 476 Å². The van der Waals surface area contributed by atoms with Gasteiger partial charge in [-0.1, -0.05) is 45.0 Å². The molecule has 3 aliphatic heterocycles. The second kappa shape index (κ2) is 28.7. The standard InChI is InChI=1S/C60H73N7O15/c1-8-60(2,3)55(71)58(74)66-29-13-10-20-45(66)59(75)82-46(24-21-37-22-25-47(76-4)48(30-37)77-5)38-16-14-17-40(31-38)80-35-52(69)61-27-11-9-12-28-62-53(70)36-81-54-49(78-6)32-39(33-50(54)79-7)64-65-43-19-15-18-41-42(43)34-67(57(41)73)44-23-26-51(68)63-56(44)72/h14-19,22,25,30-33,44-46H,8-13,20-21,23-24,26-29,34-36H2,1-7H3,(H,61,69)(H,62,70)(H,63,68,72)/b65-64-/t44?,45-,46+/m0/s1. The van der Waals surface area contributed by atoms with Crippen LogP contribution in [-0.2, 0) is 51.3 Å². The van der Waals surface area contributed by atoms with Crippen LogP contribution < -0.4 is 44.4 Å². The van der Waals surface area contributed by atoms with Gasteiger partial charge in [0.2, 0.25) is 23.3 Å². The monoisotopic (exact) mass is 1130 g/mol. The fraction of sp³-hybridized carbons (Fsp3) is 0.467. The lowest BCUT2D eigenvalue weighted by Crippen LogP contribution is -2.53. The van der Waals surface area contributed by atoms with Crippen LogP contribution in [0, 0.1) is 5.41 Å². The fourth-order valence-corrected chi connectivity index (χ4v) is 9.76. The molecule has 4 aromatic rings. The smallest absolute Gasteiger partial charge is 0.329 e. The number of fused-ring (bicyclic) bond motifs is 1. The minimum atomic E-state index is -0.923. The number of rotatable bonds is 28. The maximum atomic E-state index is 14.1. The summed E-state index contributed by atoms with van der Waals surface area (Å²) in [6.07, 6.45) is 4.59. The lowest BCUT2D eigenvalue weighted by Gasteiger charge is -2.36. The molecule has 7 rings (SSSR count). The molecule has 438 valence electrons. The number of ketones is 1. The zero-order valence-electron chi connectivity index (χ0n) is 47.6. The first kappa shape index (κ1) is 61.1. The third-order valence-electron chi connectivity index (χ3n) is 14.9. The Morgan fingerprint density at radius 3 is 2.11 bits per heavy atom. The Kier molecular flexibility index (Phi) is 21.4. The van der Waals surface area contributed by atoms with Gasteiger partial charge in [-0.3, -0.25) is 38.9 Å². The van der Waals surface area contributed by atoms with E-state index in [0.29, 0.717) is 116 Å². The maximum absolute atomic E-state index is 14.1. The van der Waals surface area contributed by atoms with E-state index in [9.17, 15) is 38.4 Å². The Bertz CT molecular complexity index is 3010. The highest BCUT2D eigenvalue weighted by atomic mass is 16.6. The molecule has 3 heterocycles. The highest BCUT2D eigenvalue weighted by Crippen LogP contribution is 2.42. The first-order chi connectivity index (χ1) is 39.5. The molecule has 22 nitrogen and oxygen atoms in total. The minimum Gasteiger partial charge on any atom is -0.493 e. The van der Waals surface area contributed by atoms with Gasteiger partial charge in [0, 0.05) is 61.3 Å². The minimum absolute atomic E-state index is 0.126. The summed E-state index contributed by atoms with van der Waals surface area (Å²) in [4.78, 5) is 107. The number of hydrogen-bond acceptors (Lipinski definition) is 17. The van der Waals surface area contributed by atoms with Crippen molar-refractivity contribution in [2.75, 3.05) is 61.3 Å². The van der Waals surface area contributed by atoms with Gasteiger partial charge in [-0.25, -0.2) is 4.79 Å². The highest BCUT2D eigenvalue weighted by molar-refractivity contribution is 6.38. The number of ether oxygens (including phenoxy) is 7. The molecule has 82 heavy (non-hydrogen) atoms. The van der Waals surface area contributed by atoms with Gasteiger partial charge in [0.05, 0.1) is 39.8 Å². The summed E-state index contributed by atoms with van der Waals surface area (Å²) in [5.74, 6) is -1.59. The lowest BCUT2D eigenvalue weighted by atomic mass is 9.84. The lowest BCUT2D eigenvalue weighted by molar-refractivity contribution is -0.164. The van der Waals surface area contributed by atoms with Gasteiger partial charge in [-0.05, 0) is 112 Å². The number of esters is 1. The summed E-state index contributed by atoms with van der Waals surface area (Å²) in [7, 11) is 5.97. The molecule has 3 N–H and O–H groups in total. The average Bonchev–Trinajstić information content (AvgIpc) is 3.98. The number of carbonyl (C=O) groups is 8. The van der Waals surface area contributed by atoms with Crippen LogP contribution in [0.15, 0.2) is 83.0 Å². The molecule has 22 heteroatoms. The van der Waals surface area contributed by atoms with Crippen molar-refractivity contribution >= 4 is 58.6 Å². The number of Topliss-reactive ketones (excluding diaryl/α,β-unsaturated/α-hetero) is 1. The molecule has 3 aliphatic rings. The Hall–Kier alpha value is -8.56. The van der Waals surface area contributed by atoms with Crippen LogP contribution in [0.2, 0.25) is 0 Å². The van der Waals surface area contributed by atoms with E-state index in [1.807, 2.05) is 25.1 Å². The normalized spacial score (nSPS) is 16.4. The van der Waals surface area contributed by atoms with E-state index in [4.69, 9.17) is 33.2 Å². The Balaban J connectivity index is 0.857. The van der Waals surface area contributed by atoms with E-state index in [-0.39, 0.29) is 80.0 Å². The third-order valence-corrected chi connectivity index (χ3v) is 14.9. The van der Waals surface area contributed by atoms with Crippen molar-refractivity contribution in [2.24, 2.45) is 15.6 Å². The second-order valence-electron chi connectivity index (χ2n) is 20.7. The summed E-state index contributed by atoms with van der Waals surface area (Å²) < 4.78 is 40.1. The van der Waals surface area contributed by atoms with Crippen LogP contribution in [0.25, 0.3) is 0 Å². The predicted molar refractivity (Wildman–Crippen MR) is 299 cm³/mol. The predicted octanol–water partition coefficient (Wildman–Crippen LogP) is 7.36. The fourth-order valence-electron chi connectivity index (χ4n) is 9.76. The van der Waals surface area contributed by atoms with Crippen molar-refractivity contribution in [3.8, 4) is 34.5 Å². The second-order valence-corrected chi connectivity index (χ2v) is 20.7. The Morgan fingerprint density at radius 2 is 1.44 bits per heavy atom. The van der Waals surface area contributed by atoms with Gasteiger partial charge in [0.15, 0.2) is 36.2 Å². The number of methoxy groups -OCH3 is 4. The molecule has 0 spiro atoms. The number of nitrogens with zero attached hydrogens (tertiary/aromatic N) is 4. The summed E-state index contributed by atoms with van der Waals surface area (Å²) in [5.41, 5.74) is 2.40. The SMILES string of the molecule is CCC(C)(C)C(=O)C(=O)N1CCCC[C@H]1C(=O)O[C@H](CCc1ccc(OC)c(OC)c1)c1cccc(OCC(=O)NCCCCCNC(=O)COc2c(OC)cc(/N=N\c3cccc4c3CN(C3CCC(=O)NC3=O)C4=O)cc2OC)c1. The largest absolute Gasteiger partial charge is 0.493 e. The van der Waals surface area contributed by atoms with Crippen molar-refractivity contribution in [3.63, 3.8) is 0 Å². The summed E-state index contributed by atoms with van der Waals surface area (Å²) >= 11 is 0. The zero-order valence-corrected chi connectivity index (χ0v) is 47.6. The summed E-state index contributed by atoms with van der Waals surface area (Å²) in [6, 6.07) is 19.0. The van der Waals surface area contributed by atoms with E-state index in [1.54, 1.807) is 82.7 Å². The summed E-state index contributed by atoms with van der Waals surface area (Å²) in [5, 5.41) is 16.8. The van der Waals surface area contributed by atoms with Crippen molar-refractivity contribution < 1.29 is 71.5 Å². The number of aryl methyl sites for hydroxylation is 1. The first-order valence-electron chi connectivity index (χ1n) is 27.6. The van der Waals surface area contributed by atoms with Crippen molar-refractivity contribution in [3.05, 3.63) is 95.1 Å². The zero-order chi connectivity index (χ0) is 58.9. The van der Waals surface area contributed by atoms with Crippen LogP contribution in [0.3, 0.4) is 0 Å². The summed E-state index contributed by atoms with van der Waals surface area (Å²) in [6.45, 7) is 5.83. The van der Waals surface area contributed by atoms with Gasteiger partial charge in [-0.2, -0.15) is 10.2 Å². The van der Waals surface area contributed by atoms with E-state index >= 15 is 0 Å². The van der Waals surface area contributed by atoms with Crippen LogP contribution in [0.5, 0.6) is 34.5 Å². The molecular weight excluding hydrogens is 1060 g/mol. The molecular formula is C60H73N7O15. The topological polar surface area (TPSA) is 268 Å². The maximum Gasteiger partial charge on any atom is 0.329 e. The number of likely N-dealkylation sites (tertiary alicyclic amines) is 1. The van der Waals surface area contributed by atoms with Crippen LogP contribution >= 0.6 is 0 Å². The molecule has 4 aromatic carbocycles. The molecule has 0 bridgehead atoms. The first-order valence-corrected chi connectivity index (χ1v) is 27.6. The number of nitrogens with one attached hydrogen (secondary N) is 3. The molecule has 0 saturated carbocycles. The van der Waals surface area contributed by atoms with E-state index in [2.05, 4.69) is 26.2 Å². The number of piperidine rings is 2. The van der Waals surface area contributed by atoms with Crippen molar-refractivity contribution in [2.45, 2.75) is 116 Å². The number of hydrogen-bond donors (Lipinski definition) is 3. The van der Waals surface area contributed by atoms with Gasteiger partial charge >= 0.3 is 5.97 Å². The van der Waals surface area contributed by atoms with Gasteiger partial charge < -0.3 is 53.6 Å². The number of azo groups is 1. The van der Waals surface area contributed by atoms with Crippen molar-refractivity contribution in [1.29, 1.82) is 0 Å². The molecule has 2 saturated heterocycles. The van der Waals surface area contributed by atoms with Gasteiger partial charge in [-0.15, -0.1) is 0 Å². The Morgan fingerprint density at radius 1 is 0.756 bits per heavy atom. The molecule has 1 unspecified atom stereocenters. The number of carbonyl (C=O) groups excluding carboxylic acids is 8.